The zero-order valence-electron chi connectivity index (χ0n) is 12.8. The molecular formula is C20H21NO2. The predicted molar refractivity (Wildman–Crippen MR) is 93.7 cm³/mol. The van der Waals surface area contributed by atoms with E-state index >= 15 is 0 Å². The van der Waals surface area contributed by atoms with Crippen LogP contribution in [0, 0.1) is 0 Å². The first-order chi connectivity index (χ1) is 11.2. The van der Waals surface area contributed by atoms with E-state index in [1.165, 1.54) is 0 Å². The van der Waals surface area contributed by atoms with Gasteiger partial charge in [-0.2, -0.15) is 0 Å². The van der Waals surface area contributed by atoms with Gasteiger partial charge in [-0.3, -0.25) is 5.32 Å². The fourth-order valence-corrected chi connectivity index (χ4v) is 2.74. The minimum absolute atomic E-state index is 0.268. The fraction of sp³-hybridized carbons (Fsp3) is 0.200. The summed E-state index contributed by atoms with van der Waals surface area (Å²) in [6.07, 6.45) is 6.08. The summed E-state index contributed by atoms with van der Waals surface area (Å²) >= 11 is 0. The van der Waals surface area contributed by atoms with E-state index in [-0.39, 0.29) is 12.1 Å². The highest BCUT2D eigenvalue weighted by molar-refractivity contribution is 5.51. The summed E-state index contributed by atoms with van der Waals surface area (Å²) < 4.78 is 0. The molecule has 2 aromatic rings. The first kappa shape index (κ1) is 15.7. The lowest BCUT2D eigenvalue weighted by Crippen LogP contribution is -2.31. The van der Waals surface area contributed by atoms with Crippen molar-refractivity contribution < 1.29 is 10.2 Å². The molecule has 0 unspecified atom stereocenters. The third-order valence-electron chi connectivity index (χ3n) is 4.06. The monoisotopic (exact) mass is 307 g/mol. The van der Waals surface area contributed by atoms with Crippen molar-refractivity contribution in [1.29, 1.82) is 0 Å². The zero-order valence-corrected chi connectivity index (χ0v) is 12.8. The van der Waals surface area contributed by atoms with Gasteiger partial charge in [-0.05, 0) is 11.1 Å². The summed E-state index contributed by atoms with van der Waals surface area (Å²) in [7, 11) is 0. The van der Waals surface area contributed by atoms with Crippen LogP contribution in [0.25, 0.3) is 12.2 Å². The molecule has 1 aliphatic rings. The van der Waals surface area contributed by atoms with Crippen LogP contribution in [0.2, 0.25) is 0 Å². The second-order valence-electron chi connectivity index (χ2n) is 5.74. The molecule has 0 aliphatic carbocycles. The van der Waals surface area contributed by atoms with Gasteiger partial charge in [0.15, 0.2) is 0 Å². The van der Waals surface area contributed by atoms with Gasteiger partial charge < -0.3 is 10.2 Å². The summed E-state index contributed by atoms with van der Waals surface area (Å²) in [5, 5.41) is 23.7. The molecule has 3 heteroatoms. The van der Waals surface area contributed by atoms with Crippen molar-refractivity contribution in [2.75, 3.05) is 0 Å². The molecule has 0 spiro atoms. The van der Waals surface area contributed by atoms with Crippen molar-refractivity contribution in [3.05, 3.63) is 83.9 Å². The standard InChI is InChI=1S/C20H21NO2/c22-19-17(13-11-15-7-3-1-4-8-15)21-18(20(19)23)14-12-16-9-5-2-6-10-16/h1-14,17-23H/b13-11+,14-12+/t17-,18-,19+,20+/m0/s1. The molecule has 1 saturated heterocycles. The second kappa shape index (κ2) is 7.38. The lowest BCUT2D eigenvalue weighted by Gasteiger charge is -2.12. The fourth-order valence-electron chi connectivity index (χ4n) is 2.74. The van der Waals surface area contributed by atoms with Gasteiger partial charge in [0.25, 0.3) is 0 Å². The molecule has 3 nitrogen and oxygen atoms in total. The number of aliphatic hydroxyl groups is 2. The van der Waals surface area contributed by atoms with E-state index in [4.69, 9.17) is 0 Å². The summed E-state index contributed by atoms with van der Waals surface area (Å²) in [6, 6.07) is 19.3. The third kappa shape index (κ3) is 3.96. The van der Waals surface area contributed by atoms with Crippen LogP contribution in [-0.4, -0.2) is 34.5 Å². The maximum Gasteiger partial charge on any atom is 0.101 e. The molecule has 0 aromatic heterocycles. The van der Waals surface area contributed by atoms with Gasteiger partial charge in [-0.25, -0.2) is 0 Å². The van der Waals surface area contributed by atoms with Gasteiger partial charge in [0, 0.05) is 0 Å². The Bertz CT molecular complexity index is 607. The zero-order chi connectivity index (χ0) is 16.1. The van der Waals surface area contributed by atoms with Crippen LogP contribution in [0.1, 0.15) is 11.1 Å². The van der Waals surface area contributed by atoms with Gasteiger partial charge >= 0.3 is 0 Å². The molecule has 23 heavy (non-hydrogen) atoms. The first-order valence-corrected chi connectivity index (χ1v) is 7.83. The van der Waals surface area contributed by atoms with Crippen LogP contribution in [0.5, 0.6) is 0 Å². The summed E-state index contributed by atoms with van der Waals surface area (Å²) in [5.41, 5.74) is 2.14. The summed E-state index contributed by atoms with van der Waals surface area (Å²) in [6.45, 7) is 0. The number of hydrogen-bond acceptors (Lipinski definition) is 3. The minimum atomic E-state index is -0.819. The van der Waals surface area contributed by atoms with E-state index in [9.17, 15) is 10.2 Å². The van der Waals surface area contributed by atoms with Gasteiger partial charge in [0.1, 0.15) is 12.2 Å². The quantitative estimate of drug-likeness (QED) is 0.813. The smallest absolute Gasteiger partial charge is 0.101 e. The van der Waals surface area contributed by atoms with Crippen molar-refractivity contribution in [2.45, 2.75) is 24.3 Å². The van der Waals surface area contributed by atoms with Crippen molar-refractivity contribution in [3.63, 3.8) is 0 Å². The first-order valence-electron chi connectivity index (χ1n) is 7.83. The highest BCUT2D eigenvalue weighted by Crippen LogP contribution is 2.18. The molecule has 3 rings (SSSR count). The molecule has 1 aliphatic heterocycles. The molecule has 4 atom stereocenters. The van der Waals surface area contributed by atoms with Crippen LogP contribution in [-0.2, 0) is 0 Å². The van der Waals surface area contributed by atoms with Crippen molar-refractivity contribution in [2.24, 2.45) is 0 Å². The third-order valence-corrected chi connectivity index (χ3v) is 4.06. The second-order valence-corrected chi connectivity index (χ2v) is 5.74. The molecule has 1 heterocycles. The van der Waals surface area contributed by atoms with E-state index in [0.717, 1.165) is 11.1 Å². The maximum absolute atomic E-state index is 10.2. The van der Waals surface area contributed by atoms with Crippen LogP contribution in [0.4, 0.5) is 0 Å². The molecule has 118 valence electrons. The molecular weight excluding hydrogens is 286 g/mol. The van der Waals surface area contributed by atoms with Gasteiger partial charge in [-0.15, -0.1) is 0 Å². The molecule has 3 N–H and O–H groups in total. The largest absolute Gasteiger partial charge is 0.388 e. The van der Waals surface area contributed by atoms with Crippen LogP contribution >= 0.6 is 0 Å². The van der Waals surface area contributed by atoms with Gasteiger partial charge in [0.05, 0.1) is 12.1 Å². The van der Waals surface area contributed by atoms with Crippen molar-refractivity contribution in [3.8, 4) is 0 Å². The Morgan fingerprint density at radius 1 is 0.652 bits per heavy atom. The predicted octanol–water partition coefficient (Wildman–Crippen LogP) is 2.48. The lowest BCUT2D eigenvalue weighted by molar-refractivity contribution is 0.0396. The minimum Gasteiger partial charge on any atom is -0.388 e. The maximum atomic E-state index is 10.2. The Labute approximate surface area is 136 Å². The number of rotatable bonds is 4. The number of hydrogen-bond donors (Lipinski definition) is 3. The Morgan fingerprint density at radius 3 is 1.43 bits per heavy atom. The van der Waals surface area contributed by atoms with E-state index < -0.39 is 12.2 Å². The Balaban J connectivity index is 1.66. The number of nitrogens with one attached hydrogen (secondary N) is 1. The Kier molecular flexibility index (Phi) is 5.03. The molecule has 0 radical (unpaired) electrons. The van der Waals surface area contributed by atoms with E-state index in [2.05, 4.69) is 5.32 Å². The topological polar surface area (TPSA) is 52.5 Å². The average Bonchev–Trinajstić information content (AvgIpc) is 2.88. The van der Waals surface area contributed by atoms with E-state index in [1.54, 1.807) is 0 Å². The SMILES string of the molecule is O[C@H]1[C@H](O)[C@H](/C=C/c2ccccc2)N[C@H]1/C=C/c1ccccc1. The highest BCUT2D eigenvalue weighted by atomic mass is 16.3. The summed E-state index contributed by atoms with van der Waals surface area (Å²) in [5.74, 6) is 0. The van der Waals surface area contributed by atoms with Gasteiger partial charge in [-0.1, -0.05) is 85.0 Å². The van der Waals surface area contributed by atoms with Crippen molar-refractivity contribution in [1.82, 2.24) is 5.32 Å². The molecule has 0 saturated carbocycles. The highest BCUT2D eigenvalue weighted by Gasteiger charge is 2.38. The van der Waals surface area contributed by atoms with E-state index in [1.807, 2.05) is 85.0 Å². The van der Waals surface area contributed by atoms with Crippen LogP contribution in [0.3, 0.4) is 0 Å². The van der Waals surface area contributed by atoms with Crippen LogP contribution < -0.4 is 5.32 Å². The Hall–Kier alpha value is -2.20. The summed E-state index contributed by atoms with van der Waals surface area (Å²) in [4.78, 5) is 0. The molecule has 1 fully saturated rings. The Morgan fingerprint density at radius 2 is 1.04 bits per heavy atom. The lowest BCUT2D eigenvalue weighted by atomic mass is 10.1. The normalized spacial score (nSPS) is 27.9. The van der Waals surface area contributed by atoms with Crippen molar-refractivity contribution >= 4 is 12.2 Å². The number of benzene rings is 2. The molecule has 2 aromatic carbocycles. The number of aliphatic hydroxyl groups excluding tert-OH is 2. The average molecular weight is 307 g/mol. The van der Waals surface area contributed by atoms with Gasteiger partial charge in [0.2, 0.25) is 0 Å². The molecule has 0 amide bonds. The molecule has 0 bridgehead atoms. The van der Waals surface area contributed by atoms with E-state index in [0.29, 0.717) is 0 Å². The van der Waals surface area contributed by atoms with Crippen LogP contribution in [0.15, 0.2) is 72.8 Å².